The van der Waals surface area contributed by atoms with Crippen LogP contribution in [-0.4, -0.2) is 24.2 Å². The number of methoxy groups -OCH3 is 1. The Bertz CT molecular complexity index is 321. The molecule has 2 unspecified atom stereocenters. The Labute approximate surface area is 104 Å². The minimum absolute atomic E-state index is 0.0357. The predicted molar refractivity (Wildman–Crippen MR) is 69.3 cm³/mol. The molecule has 96 valence electrons. The number of rotatable bonds is 5. The molecule has 1 aromatic rings. The van der Waals surface area contributed by atoms with Crippen molar-refractivity contribution in [2.24, 2.45) is 11.3 Å². The summed E-state index contributed by atoms with van der Waals surface area (Å²) in [4.78, 5) is 4.11. The maximum atomic E-state index is 5.64. The quantitative estimate of drug-likeness (QED) is 0.602. The lowest BCUT2D eigenvalue weighted by Gasteiger charge is -2.35. The summed E-state index contributed by atoms with van der Waals surface area (Å²) in [6, 6.07) is 4.05. The first-order valence-electron chi connectivity index (χ1n) is 5.87. The van der Waals surface area contributed by atoms with Crippen LogP contribution in [0.3, 0.4) is 0 Å². The summed E-state index contributed by atoms with van der Waals surface area (Å²) in [5.41, 5.74) is 4.05. The average Bonchev–Trinajstić information content (AvgIpc) is 2.28. The maximum absolute atomic E-state index is 5.64. The van der Waals surface area contributed by atoms with Crippen LogP contribution in [0.5, 0.6) is 0 Å². The number of nitrogens with zero attached hydrogens (tertiary/aromatic N) is 1. The lowest BCUT2D eigenvalue weighted by Crippen LogP contribution is -2.51. The minimum Gasteiger partial charge on any atom is -0.379 e. The highest BCUT2D eigenvalue weighted by molar-refractivity contribution is 5.11. The van der Waals surface area contributed by atoms with E-state index in [0.29, 0.717) is 0 Å². The predicted octanol–water partition coefficient (Wildman–Crippen LogP) is 1.52. The first-order chi connectivity index (χ1) is 7.99. The van der Waals surface area contributed by atoms with Gasteiger partial charge >= 0.3 is 0 Å². The van der Waals surface area contributed by atoms with E-state index >= 15 is 0 Å². The van der Waals surface area contributed by atoms with Gasteiger partial charge in [-0.15, -0.1) is 0 Å². The second-order valence-electron chi connectivity index (χ2n) is 5.36. The Balaban J connectivity index is 2.77. The van der Waals surface area contributed by atoms with Crippen LogP contribution in [0.1, 0.15) is 26.3 Å². The Kier molecular flexibility index (Phi) is 5.05. The Morgan fingerprint density at radius 2 is 2.18 bits per heavy atom. The Morgan fingerprint density at radius 1 is 1.47 bits per heavy atom. The third kappa shape index (κ3) is 4.07. The molecule has 2 atom stereocenters. The van der Waals surface area contributed by atoms with E-state index in [2.05, 4.69) is 31.2 Å². The zero-order valence-electron chi connectivity index (χ0n) is 11.1. The van der Waals surface area contributed by atoms with Crippen LogP contribution in [0.25, 0.3) is 0 Å². The van der Waals surface area contributed by atoms with Crippen molar-refractivity contribution in [3.05, 3.63) is 30.1 Å². The molecule has 0 aromatic carbocycles. The van der Waals surface area contributed by atoms with E-state index in [1.54, 1.807) is 13.3 Å². The van der Waals surface area contributed by atoms with Gasteiger partial charge in [0.2, 0.25) is 0 Å². The van der Waals surface area contributed by atoms with Gasteiger partial charge in [-0.2, -0.15) is 0 Å². The highest BCUT2D eigenvalue weighted by Crippen LogP contribution is 2.25. The van der Waals surface area contributed by atoms with Gasteiger partial charge in [-0.3, -0.25) is 16.3 Å². The lowest BCUT2D eigenvalue weighted by atomic mass is 9.83. The SMILES string of the molecule is COC(C(Cc1cccnc1)NN)C(C)(C)C. The molecule has 3 N–H and O–H groups in total. The van der Waals surface area contributed by atoms with Crippen molar-refractivity contribution in [2.75, 3.05) is 7.11 Å². The van der Waals surface area contributed by atoms with Crippen LogP contribution in [0.4, 0.5) is 0 Å². The number of hydrogen-bond acceptors (Lipinski definition) is 4. The standard InChI is InChI=1S/C13H23N3O/c1-13(2,3)12(17-4)11(16-14)8-10-6-5-7-15-9-10/h5-7,9,11-12,16H,8,14H2,1-4H3. The van der Waals surface area contributed by atoms with E-state index in [0.717, 1.165) is 12.0 Å². The molecule has 1 aromatic heterocycles. The third-order valence-corrected chi connectivity index (χ3v) is 2.87. The normalized spacial score (nSPS) is 15.6. The summed E-state index contributed by atoms with van der Waals surface area (Å²) in [7, 11) is 1.73. The summed E-state index contributed by atoms with van der Waals surface area (Å²) < 4.78 is 5.58. The summed E-state index contributed by atoms with van der Waals surface area (Å²) in [6.07, 6.45) is 4.49. The van der Waals surface area contributed by atoms with Crippen molar-refractivity contribution >= 4 is 0 Å². The first-order valence-corrected chi connectivity index (χ1v) is 5.87. The summed E-state index contributed by atoms with van der Waals surface area (Å²) in [6.45, 7) is 6.44. The van der Waals surface area contributed by atoms with Gasteiger partial charge in [0.1, 0.15) is 0 Å². The van der Waals surface area contributed by atoms with Crippen molar-refractivity contribution in [1.82, 2.24) is 10.4 Å². The molecule has 0 radical (unpaired) electrons. The molecule has 0 aliphatic rings. The number of nitrogens with two attached hydrogens (primary N) is 1. The van der Waals surface area contributed by atoms with E-state index in [1.165, 1.54) is 0 Å². The molecule has 4 nitrogen and oxygen atoms in total. The molecule has 1 heterocycles. The van der Waals surface area contributed by atoms with Gasteiger partial charge < -0.3 is 4.74 Å². The molecule has 0 aliphatic carbocycles. The number of aromatic nitrogens is 1. The number of ether oxygens (including phenoxy) is 1. The van der Waals surface area contributed by atoms with E-state index in [-0.39, 0.29) is 17.6 Å². The maximum Gasteiger partial charge on any atom is 0.0789 e. The van der Waals surface area contributed by atoms with Gasteiger partial charge in [0.25, 0.3) is 0 Å². The van der Waals surface area contributed by atoms with E-state index in [4.69, 9.17) is 10.6 Å². The molecule has 0 bridgehead atoms. The average molecular weight is 237 g/mol. The topological polar surface area (TPSA) is 60.2 Å². The van der Waals surface area contributed by atoms with Crippen LogP contribution < -0.4 is 11.3 Å². The van der Waals surface area contributed by atoms with Gasteiger partial charge in [0.05, 0.1) is 12.1 Å². The number of hydrazine groups is 1. The van der Waals surface area contributed by atoms with Crippen LogP contribution in [0, 0.1) is 5.41 Å². The van der Waals surface area contributed by atoms with Gasteiger partial charge in [0, 0.05) is 19.5 Å². The molecule has 0 saturated carbocycles. The largest absolute Gasteiger partial charge is 0.379 e. The second kappa shape index (κ2) is 6.10. The fraction of sp³-hybridized carbons (Fsp3) is 0.615. The second-order valence-corrected chi connectivity index (χ2v) is 5.36. The highest BCUT2D eigenvalue weighted by atomic mass is 16.5. The first kappa shape index (κ1) is 14.1. The van der Waals surface area contributed by atoms with Crippen molar-refractivity contribution < 1.29 is 4.74 Å². The van der Waals surface area contributed by atoms with Crippen molar-refractivity contribution in [3.8, 4) is 0 Å². The fourth-order valence-corrected chi connectivity index (χ4v) is 2.15. The van der Waals surface area contributed by atoms with Crippen LogP contribution >= 0.6 is 0 Å². The molecular formula is C13H23N3O. The lowest BCUT2D eigenvalue weighted by molar-refractivity contribution is -0.0110. The minimum atomic E-state index is 0.0357. The van der Waals surface area contributed by atoms with Gasteiger partial charge in [0.15, 0.2) is 0 Å². The summed E-state index contributed by atoms with van der Waals surface area (Å²) in [5, 5.41) is 0. The molecule has 4 heteroatoms. The molecule has 17 heavy (non-hydrogen) atoms. The van der Waals surface area contributed by atoms with Crippen molar-refractivity contribution in [3.63, 3.8) is 0 Å². The third-order valence-electron chi connectivity index (χ3n) is 2.87. The summed E-state index contributed by atoms with van der Waals surface area (Å²) >= 11 is 0. The molecule has 0 fully saturated rings. The number of hydrogen-bond donors (Lipinski definition) is 2. The molecule has 0 spiro atoms. The fourth-order valence-electron chi connectivity index (χ4n) is 2.15. The van der Waals surface area contributed by atoms with E-state index < -0.39 is 0 Å². The Morgan fingerprint density at radius 3 is 2.59 bits per heavy atom. The highest BCUT2D eigenvalue weighted by Gasteiger charge is 2.31. The number of nitrogens with one attached hydrogen (secondary N) is 1. The van der Waals surface area contributed by atoms with Crippen molar-refractivity contribution in [2.45, 2.75) is 39.3 Å². The van der Waals surface area contributed by atoms with E-state index in [9.17, 15) is 0 Å². The molecule has 0 amide bonds. The Hall–Kier alpha value is -0.970. The molecule has 0 aliphatic heterocycles. The van der Waals surface area contributed by atoms with Crippen molar-refractivity contribution in [1.29, 1.82) is 0 Å². The molecular weight excluding hydrogens is 214 g/mol. The molecule has 0 saturated heterocycles. The van der Waals surface area contributed by atoms with Gasteiger partial charge in [-0.1, -0.05) is 26.8 Å². The van der Waals surface area contributed by atoms with Gasteiger partial charge in [-0.25, -0.2) is 0 Å². The van der Waals surface area contributed by atoms with E-state index in [1.807, 2.05) is 18.3 Å². The smallest absolute Gasteiger partial charge is 0.0789 e. The zero-order valence-corrected chi connectivity index (χ0v) is 11.1. The molecule has 1 rings (SSSR count). The summed E-state index contributed by atoms with van der Waals surface area (Å²) in [5.74, 6) is 5.64. The van der Waals surface area contributed by atoms with Crippen LogP contribution in [0.2, 0.25) is 0 Å². The van der Waals surface area contributed by atoms with Gasteiger partial charge in [-0.05, 0) is 23.5 Å². The van der Waals surface area contributed by atoms with Crippen LogP contribution in [0.15, 0.2) is 24.5 Å². The number of pyridine rings is 1. The monoisotopic (exact) mass is 237 g/mol. The zero-order chi connectivity index (χ0) is 12.9. The van der Waals surface area contributed by atoms with Crippen LogP contribution in [-0.2, 0) is 11.2 Å².